The predicted octanol–water partition coefficient (Wildman–Crippen LogP) is 1.78. The predicted molar refractivity (Wildman–Crippen MR) is 86.1 cm³/mol. The molecule has 1 heterocycles. The maximum atomic E-state index is 10.8. The number of carboxylic acids is 1. The van der Waals surface area contributed by atoms with Crippen LogP contribution in [0.5, 0.6) is 0 Å². The van der Waals surface area contributed by atoms with E-state index in [9.17, 15) is 9.59 Å². The summed E-state index contributed by atoms with van der Waals surface area (Å²) >= 11 is 4.15. The largest absolute Gasteiger partial charge is 0.481 e. The van der Waals surface area contributed by atoms with Gasteiger partial charge in [0.05, 0.1) is 11.2 Å². The Morgan fingerprint density at radius 2 is 1.95 bits per heavy atom. The van der Waals surface area contributed by atoms with Crippen LogP contribution in [0.3, 0.4) is 0 Å². The third-order valence-electron chi connectivity index (χ3n) is 3.00. The van der Waals surface area contributed by atoms with Crippen molar-refractivity contribution < 1.29 is 14.7 Å². The maximum Gasteiger partial charge on any atom is 0.303 e. The second-order valence-electron chi connectivity index (χ2n) is 4.67. The van der Waals surface area contributed by atoms with E-state index in [0.29, 0.717) is 11.4 Å². The minimum absolute atomic E-state index is 0.109. The molecule has 0 aliphatic rings. The molecule has 114 valence electrons. The minimum Gasteiger partial charge on any atom is -0.481 e. The van der Waals surface area contributed by atoms with E-state index in [-0.39, 0.29) is 6.42 Å². The molecular formula is C15H15N3O3S. The van der Waals surface area contributed by atoms with Crippen LogP contribution in [-0.2, 0) is 16.0 Å². The number of nitrogens with zero attached hydrogens (tertiary/aromatic N) is 2. The third-order valence-corrected chi connectivity index (χ3v) is 3.34. The van der Waals surface area contributed by atoms with Crippen molar-refractivity contribution in [1.29, 1.82) is 0 Å². The van der Waals surface area contributed by atoms with E-state index in [0.717, 1.165) is 16.7 Å². The van der Waals surface area contributed by atoms with Gasteiger partial charge in [0.15, 0.2) is 0 Å². The van der Waals surface area contributed by atoms with Gasteiger partial charge in [-0.05, 0) is 17.5 Å². The summed E-state index contributed by atoms with van der Waals surface area (Å²) in [5, 5.41) is 13.1. The van der Waals surface area contributed by atoms with E-state index >= 15 is 0 Å². The van der Waals surface area contributed by atoms with Crippen molar-refractivity contribution >= 4 is 29.5 Å². The Balaban J connectivity index is 2.14. The van der Waals surface area contributed by atoms with E-state index in [2.05, 4.69) is 17.7 Å². The number of carboxylic acid groups (broad SMARTS) is 1. The molecule has 0 saturated heterocycles. The Labute approximate surface area is 132 Å². The summed E-state index contributed by atoms with van der Waals surface area (Å²) in [4.78, 5) is 21.4. The van der Waals surface area contributed by atoms with Gasteiger partial charge < -0.3 is 10.8 Å². The molecule has 7 heteroatoms. The first kappa shape index (κ1) is 15.8. The van der Waals surface area contributed by atoms with Gasteiger partial charge in [0, 0.05) is 24.3 Å². The smallest absolute Gasteiger partial charge is 0.303 e. The Kier molecular flexibility index (Phi) is 5.00. The zero-order valence-corrected chi connectivity index (χ0v) is 12.5. The number of aliphatic carboxylic acids is 1. The molecule has 3 N–H and O–H groups in total. The number of primary amides is 1. The molecule has 1 aromatic heterocycles. The molecule has 0 aliphatic carbocycles. The van der Waals surface area contributed by atoms with Gasteiger partial charge in [-0.2, -0.15) is 5.10 Å². The van der Waals surface area contributed by atoms with Gasteiger partial charge in [-0.3, -0.25) is 9.59 Å². The number of rotatable bonds is 6. The minimum atomic E-state index is -0.812. The van der Waals surface area contributed by atoms with Crippen molar-refractivity contribution in [3.8, 4) is 11.1 Å². The van der Waals surface area contributed by atoms with Gasteiger partial charge in [0.2, 0.25) is 5.91 Å². The molecule has 0 saturated carbocycles. The van der Waals surface area contributed by atoms with Crippen LogP contribution in [0, 0.1) is 0 Å². The van der Waals surface area contributed by atoms with Crippen LogP contribution in [0.2, 0.25) is 0 Å². The average molecular weight is 317 g/mol. The number of carbonyl (C=O) groups excluding carboxylic acids is 1. The fraction of sp³-hybridized carbons (Fsp3) is 0.133. The molecule has 6 nitrogen and oxygen atoms in total. The van der Waals surface area contributed by atoms with Gasteiger partial charge in [-0.15, -0.1) is 12.6 Å². The first-order chi connectivity index (χ1) is 10.5. The number of nitrogens with two attached hydrogens (primary N) is 1. The summed E-state index contributed by atoms with van der Waals surface area (Å²) in [6.45, 7) is 0. The lowest BCUT2D eigenvalue weighted by Crippen LogP contribution is -2.07. The zero-order chi connectivity index (χ0) is 16.1. The lowest BCUT2D eigenvalue weighted by molar-refractivity contribution is -0.137. The molecule has 2 aromatic rings. The topological polar surface area (TPSA) is 98.2 Å². The van der Waals surface area contributed by atoms with Crippen molar-refractivity contribution in [3.63, 3.8) is 0 Å². The molecule has 2 rings (SSSR count). The Morgan fingerprint density at radius 1 is 1.27 bits per heavy atom. The highest BCUT2D eigenvalue weighted by atomic mass is 32.1. The maximum absolute atomic E-state index is 10.8. The first-order valence-electron chi connectivity index (χ1n) is 6.52. The first-order valence-corrected chi connectivity index (χ1v) is 6.96. The molecule has 0 fully saturated rings. The van der Waals surface area contributed by atoms with E-state index < -0.39 is 11.9 Å². The highest BCUT2D eigenvalue weighted by Crippen LogP contribution is 2.21. The molecule has 0 bridgehead atoms. The molecule has 1 aromatic carbocycles. The van der Waals surface area contributed by atoms with Crippen LogP contribution in [0.4, 0.5) is 0 Å². The summed E-state index contributed by atoms with van der Waals surface area (Å²) in [6, 6.07) is 7.57. The summed E-state index contributed by atoms with van der Waals surface area (Å²) in [5.74, 6) is -1.40. The van der Waals surface area contributed by atoms with Crippen molar-refractivity contribution in [3.05, 3.63) is 48.3 Å². The molecule has 0 aliphatic heterocycles. The van der Waals surface area contributed by atoms with Gasteiger partial charge >= 0.3 is 5.97 Å². The lowest BCUT2D eigenvalue weighted by Gasteiger charge is -2.01. The second-order valence-corrected chi connectivity index (χ2v) is 5.13. The quantitative estimate of drug-likeness (QED) is 0.559. The van der Waals surface area contributed by atoms with Crippen molar-refractivity contribution in [2.75, 3.05) is 0 Å². The van der Waals surface area contributed by atoms with Crippen molar-refractivity contribution in [2.45, 2.75) is 12.8 Å². The SMILES string of the molecule is NC(=O)/C=C(\S)n1cc(-c2ccc(CCC(=O)O)cc2)cn1. The number of benzene rings is 1. The molecule has 1 amide bonds. The molecule has 0 radical (unpaired) electrons. The number of aromatic nitrogens is 2. The summed E-state index contributed by atoms with van der Waals surface area (Å²) in [7, 11) is 0. The van der Waals surface area contributed by atoms with Gasteiger partial charge in [0.25, 0.3) is 0 Å². The normalized spacial score (nSPS) is 11.4. The van der Waals surface area contributed by atoms with Crippen LogP contribution >= 0.6 is 12.6 Å². The highest BCUT2D eigenvalue weighted by Gasteiger charge is 2.05. The standard InChI is InChI=1S/C15H15N3O3S/c16-13(19)7-14(22)18-9-12(8-17-18)11-4-1-10(2-5-11)3-6-15(20)21/h1-2,4-5,7-9,22H,3,6H2,(H2,16,19)(H,20,21)/b14-7-. The number of amides is 1. The number of hydrogen-bond acceptors (Lipinski definition) is 4. The molecule has 22 heavy (non-hydrogen) atoms. The lowest BCUT2D eigenvalue weighted by atomic mass is 10.0. The van der Waals surface area contributed by atoms with Crippen molar-refractivity contribution in [1.82, 2.24) is 9.78 Å². The number of thiol groups is 1. The third kappa shape index (κ3) is 4.23. The monoisotopic (exact) mass is 317 g/mol. The average Bonchev–Trinajstić information content (AvgIpc) is 2.95. The summed E-state index contributed by atoms with van der Waals surface area (Å²) < 4.78 is 1.45. The fourth-order valence-electron chi connectivity index (χ4n) is 1.91. The molecule has 0 spiro atoms. The van der Waals surface area contributed by atoms with Crippen LogP contribution in [0.1, 0.15) is 12.0 Å². The van der Waals surface area contributed by atoms with Crippen LogP contribution in [0.25, 0.3) is 16.2 Å². The molecule has 0 unspecified atom stereocenters. The van der Waals surface area contributed by atoms with Gasteiger partial charge in [-0.1, -0.05) is 24.3 Å². The molecular weight excluding hydrogens is 302 g/mol. The number of hydrogen-bond donors (Lipinski definition) is 3. The second kappa shape index (κ2) is 6.95. The van der Waals surface area contributed by atoms with E-state index in [1.54, 1.807) is 12.4 Å². The summed E-state index contributed by atoms with van der Waals surface area (Å²) in [6.07, 6.45) is 5.16. The Bertz CT molecular complexity index is 720. The van der Waals surface area contributed by atoms with E-state index in [1.807, 2.05) is 24.3 Å². The van der Waals surface area contributed by atoms with Gasteiger partial charge in [0.1, 0.15) is 0 Å². The highest BCUT2D eigenvalue weighted by molar-refractivity contribution is 7.90. The number of carbonyl (C=O) groups is 2. The van der Waals surface area contributed by atoms with E-state index in [1.165, 1.54) is 10.8 Å². The fourth-order valence-corrected chi connectivity index (χ4v) is 2.14. The molecule has 0 atom stereocenters. The van der Waals surface area contributed by atoms with Crippen molar-refractivity contribution in [2.24, 2.45) is 5.73 Å². The van der Waals surface area contributed by atoms with Crippen LogP contribution in [0.15, 0.2) is 42.7 Å². The Hall–Kier alpha value is -2.54. The number of aryl methyl sites for hydroxylation is 1. The Morgan fingerprint density at radius 3 is 2.55 bits per heavy atom. The van der Waals surface area contributed by atoms with E-state index in [4.69, 9.17) is 10.8 Å². The van der Waals surface area contributed by atoms with Crippen LogP contribution in [-0.4, -0.2) is 26.8 Å². The summed E-state index contributed by atoms with van der Waals surface area (Å²) in [5.41, 5.74) is 7.82. The van der Waals surface area contributed by atoms with Gasteiger partial charge in [-0.25, -0.2) is 4.68 Å². The zero-order valence-electron chi connectivity index (χ0n) is 11.6. The van der Waals surface area contributed by atoms with Crippen LogP contribution < -0.4 is 5.73 Å².